The quantitative estimate of drug-likeness (QED) is 0.650. The third kappa shape index (κ3) is 5.61. The molecule has 3 rings (SSSR count). The summed E-state index contributed by atoms with van der Waals surface area (Å²) in [6, 6.07) is 8.43. The number of carbonyl (C=O) groups excluding carboxylic acids is 1. The lowest BCUT2D eigenvalue weighted by atomic mass is 10.1. The van der Waals surface area contributed by atoms with Crippen LogP contribution in [-0.2, 0) is 17.6 Å². The maximum Gasteiger partial charge on any atom is 0.303 e. The summed E-state index contributed by atoms with van der Waals surface area (Å²) in [5.41, 5.74) is 2.46. The zero-order valence-corrected chi connectivity index (χ0v) is 16.0. The average Bonchev–Trinajstić information content (AvgIpc) is 2.88. The molecule has 0 aromatic heterocycles. The first kappa shape index (κ1) is 20.1. The summed E-state index contributed by atoms with van der Waals surface area (Å²) in [6.07, 6.45) is 1.84. The summed E-state index contributed by atoms with van der Waals surface area (Å²) in [6.45, 7) is 0. The predicted octanol–water partition coefficient (Wildman–Crippen LogP) is 6.13. The van der Waals surface area contributed by atoms with Gasteiger partial charge in [-0.05, 0) is 48.2 Å². The third-order valence-electron chi connectivity index (χ3n) is 3.69. The molecule has 0 spiro atoms. The molecule has 7 heteroatoms. The second-order valence-electron chi connectivity index (χ2n) is 5.47. The lowest BCUT2D eigenvalue weighted by molar-refractivity contribution is -0.136. The van der Waals surface area contributed by atoms with Crippen LogP contribution in [0.1, 0.15) is 34.3 Å². The van der Waals surface area contributed by atoms with E-state index in [2.05, 4.69) is 0 Å². The molecule has 0 saturated heterocycles. The highest BCUT2D eigenvalue weighted by molar-refractivity contribution is 6.36. The van der Waals surface area contributed by atoms with Gasteiger partial charge in [0.1, 0.15) is 0 Å². The number of carbonyl (C=O) groups is 2. The summed E-state index contributed by atoms with van der Waals surface area (Å²) < 4.78 is 0. The van der Waals surface area contributed by atoms with E-state index in [1.165, 1.54) is 0 Å². The molecule has 3 nitrogen and oxygen atoms in total. The van der Waals surface area contributed by atoms with Gasteiger partial charge in [0.25, 0.3) is 0 Å². The summed E-state index contributed by atoms with van der Waals surface area (Å²) >= 11 is 23.2. The zero-order valence-electron chi connectivity index (χ0n) is 13.0. The number of halogens is 4. The number of Topliss-reactive ketones (excluding diaryl/α,β-unsaturated/α-hetero) is 1. The van der Waals surface area contributed by atoms with Crippen LogP contribution in [0.2, 0.25) is 20.1 Å². The van der Waals surface area contributed by atoms with E-state index in [-0.39, 0.29) is 12.2 Å². The smallest absolute Gasteiger partial charge is 0.303 e. The fraction of sp³-hybridized carbons (Fsp3) is 0.222. The Balaban J connectivity index is 0.000000181. The second kappa shape index (κ2) is 8.91. The fourth-order valence-electron chi connectivity index (χ4n) is 2.45. The normalized spacial score (nSPS) is 12.4. The van der Waals surface area contributed by atoms with Crippen LogP contribution < -0.4 is 0 Å². The first-order valence-electron chi connectivity index (χ1n) is 7.44. The van der Waals surface area contributed by atoms with Gasteiger partial charge in [0.05, 0.1) is 0 Å². The lowest BCUT2D eigenvalue weighted by Crippen LogP contribution is -1.97. The topological polar surface area (TPSA) is 54.4 Å². The number of hydrogen-bond acceptors (Lipinski definition) is 2. The highest BCUT2D eigenvalue weighted by Gasteiger charge is 2.22. The molecule has 0 bridgehead atoms. The summed E-state index contributed by atoms with van der Waals surface area (Å²) in [5, 5.41) is 10.7. The molecule has 0 aliphatic heterocycles. The molecule has 0 heterocycles. The van der Waals surface area contributed by atoms with Crippen molar-refractivity contribution in [1.82, 2.24) is 0 Å². The van der Waals surface area contributed by atoms with E-state index in [0.29, 0.717) is 38.5 Å². The van der Waals surface area contributed by atoms with Gasteiger partial charge in [0.2, 0.25) is 0 Å². The Bertz CT molecular complexity index is 818. The maximum absolute atomic E-state index is 11.3. The molecule has 2 aromatic rings. The van der Waals surface area contributed by atoms with Crippen molar-refractivity contribution < 1.29 is 14.7 Å². The van der Waals surface area contributed by atoms with E-state index in [4.69, 9.17) is 51.5 Å². The summed E-state index contributed by atoms with van der Waals surface area (Å²) in [7, 11) is 0. The molecule has 1 aliphatic carbocycles. The van der Waals surface area contributed by atoms with Crippen molar-refractivity contribution in [3.8, 4) is 0 Å². The Labute approximate surface area is 165 Å². The van der Waals surface area contributed by atoms with Crippen molar-refractivity contribution in [1.29, 1.82) is 0 Å². The van der Waals surface area contributed by atoms with Crippen LogP contribution in [0.5, 0.6) is 0 Å². The number of benzene rings is 2. The molecule has 0 amide bonds. The van der Waals surface area contributed by atoms with Gasteiger partial charge in [-0.2, -0.15) is 0 Å². The predicted molar refractivity (Wildman–Crippen MR) is 102 cm³/mol. The standard InChI is InChI=1S/C9H8Cl2O2.C9H6Cl2O/c10-7-3-1-6(8(11)5-7)2-4-9(12)13;10-5-3-7-6(8(11)4-5)1-2-9(7)12/h1,3,5H,2,4H2,(H,12,13);3-4H,1-2H2. The largest absolute Gasteiger partial charge is 0.481 e. The zero-order chi connectivity index (χ0) is 18.6. The van der Waals surface area contributed by atoms with Gasteiger partial charge in [-0.3, -0.25) is 9.59 Å². The molecular weight excluding hydrogens is 406 g/mol. The molecule has 0 radical (unpaired) electrons. The minimum atomic E-state index is -0.828. The van der Waals surface area contributed by atoms with Crippen molar-refractivity contribution in [3.05, 3.63) is 67.1 Å². The SMILES string of the molecule is O=C(O)CCc1ccc(Cl)cc1Cl.O=C1CCc2c(Cl)cc(Cl)cc21. The molecule has 0 unspecified atom stereocenters. The Morgan fingerprint density at radius 1 is 0.960 bits per heavy atom. The molecule has 1 N–H and O–H groups in total. The molecule has 0 atom stereocenters. The van der Waals surface area contributed by atoms with Crippen molar-refractivity contribution in [2.75, 3.05) is 0 Å². The second-order valence-corrected chi connectivity index (χ2v) is 7.15. The molecule has 1 aliphatic rings. The van der Waals surface area contributed by atoms with Crippen LogP contribution in [-0.4, -0.2) is 16.9 Å². The number of fused-ring (bicyclic) bond motifs is 1. The molecule has 0 saturated carbocycles. The first-order valence-corrected chi connectivity index (χ1v) is 8.96. The van der Waals surface area contributed by atoms with Crippen molar-refractivity contribution in [3.63, 3.8) is 0 Å². The number of carboxylic acid groups (broad SMARTS) is 1. The fourth-order valence-corrected chi connectivity index (χ4v) is 3.54. The van der Waals surface area contributed by atoms with Crippen molar-refractivity contribution in [2.24, 2.45) is 0 Å². The lowest BCUT2D eigenvalue weighted by Gasteiger charge is -2.01. The van der Waals surface area contributed by atoms with Gasteiger partial charge in [-0.15, -0.1) is 0 Å². The number of aryl methyl sites for hydroxylation is 1. The van der Waals surface area contributed by atoms with Gasteiger partial charge in [0, 0.05) is 38.5 Å². The Kier molecular flexibility index (Phi) is 7.14. The van der Waals surface area contributed by atoms with E-state index >= 15 is 0 Å². The maximum atomic E-state index is 11.3. The molecule has 2 aromatic carbocycles. The van der Waals surface area contributed by atoms with E-state index in [0.717, 1.165) is 17.5 Å². The van der Waals surface area contributed by atoms with E-state index in [1.807, 2.05) is 0 Å². The van der Waals surface area contributed by atoms with Crippen LogP contribution in [0.4, 0.5) is 0 Å². The van der Waals surface area contributed by atoms with Gasteiger partial charge < -0.3 is 5.11 Å². The van der Waals surface area contributed by atoms with E-state index < -0.39 is 5.97 Å². The number of aliphatic carboxylic acids is 1. The number of carboxylic acids is 1. The van der Waals surface area contributed by atoms with E-state index in [1.54, 1.807) is 30.3 Å². The third-order valence-corrected chi connectivity index (χ3v) is 4.83. The minimum Gasteiger partial charge on any atom is -0.481 e. The van der Waals surface area contributed by atoms with E-state index in [9.17, 15) is 9.59 Å². The van der Waals surface area contributed by atoms with Crippen molar-refractivity contribution in [2.45, 2.75) is 25.7 Å². The average molecular weight is 420 g/mol. The summed E-state index contributed by atoms with van der Waals surface area (Å²) in [4.78, 5) is 21.5. The van der Waals surface area contributed by atoms with Gasteiger partial charge >= 0.3 is 5.97 Å². The van der Waals surface area contributed by atoms with Crippen molar-refractivity contribution >= 4 is 58.2 Å². The Morgan fingerprint density at radius 3 is 2.28 bits per heavy atom. The van der Waals surface area contributed by atoms with Gasteiger partial charge in [-0.25, -0.2) is 0 Å². The van der Waals surface area contributed by atoms with Crippen LogP contribution in [0.15, 0.2) is 30.3 Å². The highest BCUT2D eigenvalue weighted by Crippen LogP contribution is 2.31. The number of rotatable bonds is 3. The Hall–Kier alpha value is -1.26. The summed E-state index contributed by atoms with van der Waals surface area (Å²) in [5.74, 6) is -0.680. The molecule has 25 heavy (non-hydrogen) atoms. The highest BCUT2D eigenvalue weighted by atomic mass is 35.5. The minimum absolute atomic E-state index is 0.0847. The van der Waals surface area contributed by atoms with Gasteiger partial charge in [0.15, 0.2) is 5.78 Å². The molecule has 132 valence electrons. The van der Waals surface area contributed by atoms with Crippen LogP contribution in [0, 0.1) is 0 Å². The van der Waals surface area contributed by atoms with Crippen LogP contribution in [0.25, 0.3) is 0 Å². The molecular formula is C18H14Cl4O3. The van der Waals surface area contributed by atoms with Crippen LogP contribution in [0.3, 0.4) is 0 Å². The Morgan fingerprint density at radius 2 is 1.64 bits per heavy atom. The van der Waals surface area contributed by atoms with Crippen LogP contribution >= 0.6 is 46.4 Å². The molecule has 0 fully saturated rings. The number of hydrogen-bond donors (Lipinski definition) is 1. The van der Waals surface area contributed by atoms with Gasteiger partial charge in [-0.1, -0.05) is 52.5 Å². The number of ketones is 1. The monoisotopic (exact) mass is 418 g/mol. The first-order chi connectivity index (χ1) is 11.8.